The summed E-state index contributed by atoms with van der Waals surface area (Å²) < 4.78 is 10.4. The highest BCUT2D eigenvalue weighted by molar-refractivity contribution is 5.99. The van der Waals surface area contributed by atoms with E-state index in [4.69, 9.17) is 4.74 Å². The van der Waals surface area contributed by atoms with Crippen molar-refractivity contribution in [1.29, 1.82) is 0 Å². The Balaban J connectivity index is 1.62. The van der Waals surface area contributed by atoms with Gasteiger partial charge in [-0.2, -0.15) is 0 Å². The molecule has 2 N–H and O–H groups in total. The van der Waals surface area contributed by atoms with Crippen LogP contribution in [0, 0.1) is 0 Å². The molecule has 32 heavy (non-hydrogen) atoms. The molecule has 0 aromatic heterocycles. The minimum atomic E-state index is -1.16. The average molecular weight is 433 g/mol. The van der Waals surface area contributed by atoms with Gasteiger partial charge in [-0.3, -0.25) is 4.79 Å². The maximum absolute atomic E-state index is 12.5. The number of carboxylic acid groups (broad SMARTS) is 1. The molecular weight excluding hydrogens is 410 g/mol. The summed E-state index contributed by atoms with van der Waals surface area (Å²) in [4.78, 5) is 35.9. The first-order valence-corrected chi connectivity index (χ1v) is 9.94. The predicted molar refractivity (Wildman–Crippen MR) is 118 cm³/mol. The predicted octanol–water partition coefficient (Wildman–Crippen LogP) is 3.48. The number of carbonyl (C=O) groups excluding carboxylic acids is 2. The summed E-state index contributed by atoms with van der Waals surface area (Å²) in [5.74, 6) is -1.67. The number of rotatable bonds is 9. The lowest BCUT2D eigenvalue weighted by atomic mass is 10.0. The van der Waals surface area contributed by atoms with Crippen LogP contribution in [0.15, 0.2) is 78.9 Å². The SMILES string of the molecule is COC(=O)c1cccc(C(=O)N[C@H](Cc2ccc(OCc3ccccc3)cc2)C(=O)O)c1. The van der Waals surface area contributed by atoms with Gasteiger partial charge in [0.2, 0.25) is 0 Å². The third-order valence-corrected chi connectivity index (χ3v) is 4.76. The molecule has 0 heterocycles. The van der Waals surface area contributed by atoms with Gasteiger partial charge in [0, 0.05) is 12.0 Å². The molecule has 3 aromatic rings. The van der Waals surface area contributed by atoms with Crippen molar-refractivity contribution in [2.75, 3.05) is 7.11 Å². The van der Waals surface area contributed by atoms with Crippen LogP contribution in [0.3, 0.4) is 0 Å². The van der Waals surface area contributed by atoms with Crippen molar-refractivity contribution in [3.63, 3.8) is 0 Å². The number of nitrogens with one attached hydrogen (secondary N) is 1. The smallest absolute Gasteiger partial charge is 0.337 e. The van der Waals surface area contributed by atoms with Gasteiger partial charge in [0.25, 0.3) is 5.91 Å². The molecule has 0 spiro atoms. The molecule has 0 radical (unpaired) electrons. The lowest BCUT2D eigenvalue weighted by molar-refractivity contribution is -0.139. The molecule has 0 aliphatic carbocycles. The van der Waals surface area contributed by atoms with Crippen LogP contribution in [0.5, 0.6) is 5.75 Å². The molecule has 0 aliphatic heterocycles. The topological polar surface area (TPSA) is 102 Å². The standard InChI is InChI=1S/C25H23NO6/c1-31-25(30)20-9-5-8-19(15-20)23(27)26-22(24(28)29)14-17-10-12-21(13-11-17)32-16-18-6-3-2-4-7-18/h2-13,15,22H,14,16H2,1H3,(H,26,27)(H,28,29)/t22-/m1/s1. The summed E-state index contributed by atoms with van der Waals surface area (Å²) in [6.07, 6.45) is 0.0940. The number of hydrogen-bond donors (Lipinski definition) is 2. The van der Waals surface area contributed by atoms with E-state index >= 15 is 0 Å². The molecule has 0 aliphatic rings. The van der Waals surface area contributed by atoms with Crippen LogP contribution in [0.2, 0.25) is 0 Å². The first kappa shape index (κ1) is 22.6. The summed E-state index contributed by atoms with van der Waals surface area (Å²) in [5.41, 5.74) is 2.15. The van der Waals surface area contributed by atoms with Crippen molar-refractivity contribution >= 4 is 17.8 Å². The Morgan fingerprint density at radius 3 is 2.22 bits per heavy atom. The minimum absolute atomic E-state index is 0.0940. The van der Waals surface area contributed by atoms with E-state index in [1.165, 1.54) is 31.4 Å². The van der Waals surface area contributed by atoms with Crippen molar-refractivity contribution in [1.82, 2.24) is 5.32 Å². The summed E-state index contributed by atoms with van der Waals surface area (Å²) in [7, 11) is 1.24. The van der Waals surface area contributed by atoms with E-state index in [2.05, 4.69) is 10.1 Å². The number of methoxy groups -OCH3 is 1. The van der Waals surface area contributed by atoms with Crippen LogP contribution in [0.25, 0.3) is 0 Å². The minimum Gasteiger partial charge on any atom is -0.489 e. The van der Waals surface area contributed by atoms with Crippen molar-refractivity contribution < 1.29 is 29.0 Å². The summed E-state index contributed by atoms with van der Waals surface area (Å²) in [5, 5.41) is 12.1. The second-order valence-corrected chi connectivity index (χ2v) is 7.06. The zero-order chi connectivity index (χ0) is 22.9. The summed E-state index contributed by atoms with van der Waals surface area (Å²) >= 11 is 0. The van der Waals surface area contributed by atoms with E-state index in [0.717, 1.165) is 11.1 Å². The fraction of sp³-hybridized carbons (Fsp3) is 0.160. The van der Waals surface area contributed by atoms with Crippen LogP contribution in [0.1, 0.15) is 31.8 Å². The molecule has 0 bridgehead atoms. The number of carboxylic acids is 1. The molecule has 0 saturated heterocycles. The van der Waals surface area contributed by atoms with E-state index in [9.17, 15) is 19.5 Å². The normalized spacial score (nSPS) is 11.3. The molecule has 7 heteroatoms. The quantitative estimate of drug-likeness (QED) is 0.501. The highest BCUT2D eigenvalue weighted by Gasteiger charge is 2.22. The van der Waals surface area contributed by atoms with Gasteiger partial charge in [0.05, 0.1) is 12.7 Å². The van der Waals surface area contributed by atoms with E-state index in [1.54, 1.807) is 24.3 Å². The van der Waals surface area contributed by atoms with E-state index in [0.29, 0.717) is 12.4 Å². The van der Waals surface area contributed by atoms with Crippen LogP contribution >= 0.6 is 0 Å². The third-order valence-electron chi connectivity index (χ3n) is 4.76. The number of aliphatic carboxylic acids is 1. The van der Waals surface area contributed by atoms with Crippen LogP contribution < -0.4 is 10.1 Å². The Morgan fingerprint density at radius 2 is 1.56 bits per heavy atom. The zero-order valence-electron chi connectivity index (χ0n) is 17.5. The van der Waals surface area contributed by atoms with Gasteiger partial charge in [0.15, 0.2) is 0 Å². The third kappa shape index (κ3) is 6.18. The number of carbonyl (C=O) groups is 3. The molecule has 0 fully saturated rings. The van der Waals surface area contributed by atoms with Gasteiger partial charge in [-0.05, 0) is 41.5 Å². The Labute approximate surface area is 185 Å². The number of ether oxygens (including phenoxy) is 2. The molecule has 0 unspecified atom stereocenters. The fourth-order valence-corrected chi connectivity index (χ4v) is 3.05. The molecule has 0 saturated carbocycles. The Hall–Kier alpha value is -4.13. The van der Waals surface area contributed by atoms with Crippen LogP contribution in [-0.4, -0.2) is 36.1 Å². The van der Waals surface area contributed by atoms with Crippen molar-refractivity contribution in [3.8, 4) is 5.75 Å². The van der Waals surface area contributed by atoms with Gasteiger partial charge in [-0.15, -0.1) is 0 Å². The number of benzene rings is 3. The highest BCUT2D eigenvalue weighted by Crippen LogP contribution is 2.16. The number of amides is 1. The fourth-order valence-electron chi connectivity index (χ4n) is 3.05. The van der Waals surface area contributed by atoms with Crippen molar-refractivity contribution in [2.45, 2.75) is 19.1 Å². The molecule has 1 atom stereocenters. The first-order chi connectivity index (χ1) is 15.5. The molecule has 3 aromatic carbocycles. The largest absolute Gasteiger partial charge is 0.489 e. The molecule has 7 nitrogen and oxygen atoms in total. The molecule has 164 valence electrons. The second kappa shape index (κ2) is 10.8. The van der Waals surface area contributed by atoms with Gasteiger partial charge in [-0.1, -0.05) is 48.5 Å². The number of esters is 1. The number of hydrogen-bond acceptors (Lipinski definition) is 5. The first-order valence-electron chi connectivity index (χ1n) is 9.94. The van der Waals surface area contributed by atoms with Crippen LogP contribution in [0.4, 0.5) is 0 Å². The van der Waals surface area contributed by atoms with E-state index in [1.807, 2.05) is 30.3 Å². The van der Waals surface area contributed by atoms with Crippen molar-refractivity contribution in [3.05, 3.63) is 101 Å². The van der Waals surface area contributed by atoms with Gasteiger partial charge in [0.1, 0.15) is 18.4 Å². The summed E-state index contributed by atoms with van der Waals surface area (Å²) in [6, 6.07) is 21.6. The zero-order valence-corrected chi connectivity index (χ0v) is 17.5. The van der Waals surface area contributed by atoms with Gasteiger partial charge >= 0.3 is 11.9 Å². The monoisotopic (exact) mass is 433 g/mol. The average Bonchev–Trinajstić information content (AvgIpc) is 2.83. The Kier molecular flexibility index (Phi) is 7.59. The van der Waals surface area contributed by atoms with E-state index in [-0.39, 0.29) is 17.5 Å². The Bertz CT molecular complexity index is 1080. The lowest BCUT2D eigenvalue weighted by Crippen LogP contribution is -2.42. The lowest BCUT2D eigenvalue weighted by Gasteiger charge is -2.15. The molecular formula is C25H23NO6. The second-order valence-electron chi connectivity index (χ2n) is 7.06. The highest BCUT2D eigenvalue weighted by atomic mass is 16.5. The maximum Gasteiger partial charge on any atom is 0.337 e. The van der Waals surface area contributed by atoms with Gasteiger partial charge in [-0.25, -0.2) is 9.59 Å². The Morgan fingerprint density at radius 1 is 0.875 bits per heavy atom. The van der Waals surface area contributed by atoms with E-state index < -0.39 is 23.9 Å². The van der Waals surface area contributed by atoms with Gasteiger partial charge < -0.3 is 19.9 Å². The molecule has 1 amide bonds. The maximum atomic E-state index is 12.5. The van der Waals surface area contributed by atoms with Crippen LogP contribution in [-0.2, 0) is 22.6 Å². The summed E-state index contributed by atoms with van der Waals surface area (Å²) in [6.45, 7) is 0.429. The van der Waals surface area contributed by atoms with Crippen molar-refractivity contribution in [2.24, 2.45) is 0 Å². The molecule has 3 rings (SSSR count).